The van der Waals surface area contributed by atoms with Crippen molar-refractivity contribution < 1.29 is 9.32 Å². The van der Waals surface area contributed by atoms with Crippen LogP contribution in [0.3, 0.4) is 0 Å². The van der Waals surface area contributed by atoms with Gasteiger partial charge >= 0.3 is 0 Å². The Morgan fingerprint density at radius 3 is 2.65 bits per heavy atom. The summed E-state index contributed by atoms with van der Waals surface area (Å²) in [6.45, 7) is 6.11. The summed E-state index contributed by atoms with van der Waals surface area (Å²) in [5.74, 6) is 1.04. The van der Waals surface area contributed by atoms with E-state index in [-0.39, 0.29) is 5.91 Å². The second-order valence-corrected chi connectivity index (χ2v) is 6.64. The van der Waals surface area contributed by atoms with Crippen LogP contribution in [-0.2, 0) is 11.3 Å². The van der Waals surface area contributed by atoms with Crippen molar-refractivity contribution in [2.45, 2.75) is 27.3 Å². The fraction of sp³-hybridized carbons (Fsp3) is 0.235. The fourth-order valence-corrected chi connectivity index (χ4v) is 3.22. The first-order valence-corrected chi connectivity index (χ1v) is 8.09. The number of rotatable bonds is 4. The molecule has 6 heteroatoms. The maximum atomic E-state index is 11.0. The van der Waals surface area contributed by atoms with Gasteiger partial charge < -0.3 is 9.84 Å². The molecule has 1 N–H and O–H groups in total. The summed E-state index contributed by atoms with van der Waals surface area (Å²) in [5.41, 5.74) is 3.25. The second-order valence-electron chi connectivity index (χ2n) is 5.48. The van der Waals surface area contributed by atoms with Gasteiger partial charge in [-0.2, -0.15) is 4.98 Å². The van der Waals surface area contributed by atoms with Gasteiger partial charge in [0, 0.05) is 17.4 Å². The van der Waals surface area contributed by atoms with E-state index in [4.69, 9.17) is 4.52 Å². The van der Waals surface area contributed by atoms with E-state index in [0.717, 1.165) is 26.4 Å². The van der Waals surface area contributed by atoms with Gasteiger partial charge in [-0.15, -0.1) is 11.3 Å². The lowest BCUT2D eigenvalue weighted by molar-refractivity contribution is -0.119. The molecule has 0 radical (unpaired) electrons. The Balaban J connectivity index is 1.83. The molecule has 0 saturated carbocycles. The van der Waals surface area contributed by atoms with Crippen LogP contribution in [0, 0.1) is 13.8 Å². The van der Waals surface area contributed by atoms with Crippen LogP contribution in [0.5, 0.6) is 0 Å². The average Bonchev–Trinajstić information content (AvgIpc) is 3.13. The third-order valence-electron chi connectivity index (χ3n) is 3.29. The van der Waals surface area contributed by atoms with Crippen molar-refractivity contribution >= 4 is 17.2 Å². The molecule has 0 spiro atoms. The van der Waals surface area contributed by atoms with Crippen LogP contribution in [0.4, 0.5) is 0 Å². The molecule has 0 bridgehead atoms. The van der Waals surface area contributed by atoms with E-state index in [1.807, 2.05) is 38.1 Å². The Bertz CT molecular complexity index is 831. The minimum atomic E-state index is -0.0448. The van der Waals surface area contributed by atoms with Crippen molar-refractivity contribution in [3.63, 3.8) is 0 Å². The Labute approximate surface area is 138 Å². The molecule has 0 fully saturated rings. The van der Waals surface area contributed by atoms with Gasteiger partial charge in [0.1, 0.15) is 0 Å². The lowest BCUT2D eigenvalue weighted by Crippen LogP contribution is -2.17. The molecular formula is C17H17N3O2S. The SMILES string of the molecule is CC(=O)NCc1ccc(-c2noc(-c3cc(C)cc(C)c3)n2)s1. The fourth-order valence-electron chi connectivity index (χ4n) is 2.34. The molecular weight excluding hydrogens is 310 g/mol. The summed E-state index contributed by atoms with van der Waals surface area (Å²) >= 11 is 1.54. The number of hydrogen-bond donors (Lipinski definition) is 1. The molecule has 1 aromatic carbocycles. The minimum Gasteiger partial charge on any atom is -0.351 e. The molecule has 0 unspecified atom stereocenters. The highest BCUT2D eigenvalue weighted by atomic mass is 32.1. The number of aromatic nitrogens is 2. The molecule has 1 amide bonds. The maximum absolute atomic E-state index is 11.0. The van der Waals surface area contributed by atoms with E-state index < -0.39 is 0 Å². The molecule has 0 aliphatic carbocycles. The minimum absolute atomic E-state index is 0.0448. The number of carbonyl (C=O) groups is 1. The molecule has 3 rings (SSSR count). The van der Waals surface area contributed by atoms with E-state index in [2.05, 4.69) is 21.5 Å². The Morgan fingerprint density at radius 2 is 1.96 bits per heavy atom. The standard InChI is InChI=1S/C17H17N3O2S/c1-10-6-11(2)8-13(7-10)17-19-16(20-22-17)15-5-4-14(23-15)9-18-12(3)21/h4-8H,9H2,1-3H3,(H,18,21). The summed E-state index contributed by atoms with van der Waals surface area (Å²) < 4.78 is 5.40. The molecule has 2 heterocycles. The van der Waals surface area contributed by atoms with Crippen LogP contribution in [0.1, 0.15) is 22.9 Å². The summed E-state index contributed by atoms with van der Waals surface area (Å²) in [4.78, 5) is 17.4. The van der Waals surface area contributed by atoms with Crippen LogP contribution in [0.2, 0.25) is 0 Å². The zero-order valence-electron chi connectivity index (χ0n) is 13.2. The molecule has 5 nitrogen and oxygen atoms in total. The predicted octanol–water partition coefficient (Wildman–Crippen LogP) is 3.72. The van der Waals surface area contributed by atoms with Crippen LogP contribution < -0.4 is 5.32 Å². The van der Waals surface area contributed by atoms with Crippen molar-refractivity contribution in [2.75, 3.05) is 0 Å². The smallest absolute Gasteiger partial charge is 0.258 e. The van der Waals surface area contributed by atoms with Gasteiger partial charge in [-0.25, -0.2) is 0 Å². The molecule has 2 aromatic heterocycles. The van der Waals surface area contributed by atoms with Crippen LogP contribution >= 0.6 is 11.3 Å². The van der Waals surface area contributed by atoms with E-state index in [9.17, 15) is 4.79 Å². The summed E-state index contributed by atoms with van der Waals surface area (Å²) in [7, 11) is 0. The molecule has 23 heavy (non-hydrogen) atoms. The van der Waals surface area contributed by atoms with Gasteiger partial charge in [0.05, 0.1) is 11.4 Å². The third-order valence-corrected chi connectivity index (χ3v) is 4.37. The Hall–Kier alpha value is -2.47. The molecule has 0 atom stereocenters. The zero-order chi connectivity index (χ0) is 16.4. The molecule has 0 aliphatic heterocycles. The van der Waals surface area contributed by atoms with Crippen molar-refractivity contribution in [1.82, 2.24) is 15.5 Å². The molecule has 0 saturated heterocycles. The highest BCUT2D eigenvalue weighted by Gasteiger charge is 2.13. The first-order chi connectivity index (χ1) is 11.0. The highest BCUT2D eigenvalue weighted by Crippen LogP contribution is 2.28. The van der Waals surface area contributed by atoms with Crippen LogP contribution in [-0.4, -0.2) is 16.0 Å². The number of hydrogen-bond acceptors (Lipinski definition) is 5. The van der Waals surface area contributed by atoms with E-state index in [0.29, 0.717) is 18.3 Å². The van der Waals surface area contributed by atoms with E-state index in [1.165, 1.54) is 6.92 Å². The lowest BCUT2D eigenvalue weighted by Gasteiger charge is -1.99. The van der Waals surface area contributed by atoms with Gasteiger partial charge in [-0.1, -0.05) is 22.3 Å². The third kappa shape index (κ3) is 3.65. The number of nitrogens with zero attached hydrogens (tertiary/aromatic N) is 2. The van der Waals surface area contributed by atoms with Crippen LogP contribution in [0.15, 0.2) is 34.9 Å². The topological polar surface area (TPSA) is 68.0 Å². The summed E-state index contributed by atoms with van der Waals surface area (Å²) in [6, 6.07) is 10.1. The van der Waals surface area contributed by atoms with Gasteiger partial charge in [0.2, 0.25) is 11.7 Å². The number of nitrogens with one attached hydrogen (secondary N) is 1. The van der Waals surface area contributed by atoms with Crippen molar-refractivity contribution in [3.05, 3.63) is 46.3 Å². The quantitative estimate of drug-likeness (QED) is 0.793. The molecule has 0 aliphatic rings. The van der Waals surface area contributed by atoms with Gasteiger partial charge in [0.25, 0.3) is 5.89 Å². The molecule has 3 aromatic rings. The monoisotopic (exact) mass is 327 g/mol. The van der Waals surface area contributed by atoms with Gasteiger partial charge in [0.15, 0.2) is 0 Å². The number of thiophene rings is 1. The van der Waals surface area contributed by atoms with E-state index >= 15 is 0 Å². The Morgan fingerprint density at radius 1 is 1.22 bits per heavy atom. The average molecular weight is 327 g/mol. The summed E-state index contributed by atoms with van der Waals surface area (Å²) in [6.07, 6.45) is 0. The predicted molar refractivity (Wildman–Crippen MR) is 90.0 cm³/mol. The van der Waals surface area contributed by atoms with Crippen molar-refractivity contribution in [3.8, 4) is 22.2 Å². The maximum Gasteiger partial charge on any atom is 0.258 e. The van der Waals surface area contributed by atoms with Crippen molar-refractivity contribution in [1.29, 1.82) is 0 Å². The number of amides is 1. The Kier molecular flexibility index (Phi) is 4.25. The molecule has 118 valence electrons. The first kappa shape index (κ1) is 15.4. The zero-order valence-corrected chi connectivity index (χ0v) is 14.0. The van der Waals surface area contributed by atoms with Gasteiger partial charge in [-0.3, -0.25) is 4.79 Å². The van der Waals surface area contributed by atoms with Crippen LogP contribution in [0.25, 0.3) is 22.2 Å². The van der Waals surface area contributed by atoms with Gasteiger partial charge in [-0.05, 0) is 38.1 Å². The lowest BCUT2D eigenvalue weighted by atomic mass is 10.1. The second kappa shape index (κ2) is 6.34. The first-order valence-electron chi connectivity index (χ1n) is 7.27. The van der Waals surface area contributed by atoms with Crippen molar-refractivity contribution in [2.24, 2.45) is 0 Å². The highest BCUT2D eigenvalue weighted by molar-refractivity contribution is 7.15. The summed E-state index contributed by atoms with van der Waals surface area (Å²) in [5, 5.41) is 6.85. The number of benzene rings is 1. The number of carbonyl (C=O) groups excluding carboxylic acids is 1. The normalized spacial score (nSPS) is 10.7. The number of aryl methyl sites for hydroxylation is 2. The largest absolute Gasteiger partial charge is 0.351 e. The van der Waals surface area contributed by atoms with E-state index in [1.54, 1.807) is 11.3 Å².